The van der Waals surface area contributed by atoms with Crippen molar-refractivity contribution in [3.8, 4) is 5.75 Å². The zero-order chi connectivity index (χ0) is 15.4. The first-order valence-corrected chi connectivity index (χ1v) is 7.51. The summed E-state index contributed by atoms with van der Waals surface area (Å²) in [5.41, 5.74) is 1.08. The number of carbonyl (C=O) groups excluding carboxylic acids is 1. The molecule has 0 bridgehead atoms. The molecule has 0 radical (unpaired) electrons. The summed E-state index contributed by atoms with van der Waals surface area (Å²) in [6.07, 6.45) is 0. The summed E-state index contributed by atoms with van der Waals surface area (Å²) in [7, 11) is 0. The molecule has 1 aromatic carbocycles. The Morgan fingerprint density at radius 1 is 1.23 bits per heavy atom. The van der Waals surface area contributed by atoms with E-state index in [2.05, 4.69) is 5.32 Å². The summed E-state index contributed by atoms with van der Waals surface area (Å²) in [5, 5.41) is 3.23. The highest BCUT2D eigenvalue weighted by molar-refractivity contribution is 5.91. The van der Waals surface area contributed by atoms with E-state index < -0.39 is 0 Å². The van der Waals surface area contributed by atoms with Gasteiger partial charge in [-0.3, -0.25) is 4.79 Å². The molecule has 0 atom stereocenters. The molecule has 1 N–H and O–H groups in total. The number of nitrogens with zero attached hydrogens (tertiary/aromatic N) is 1. The van der Waals surface area contributed by atoms with Gasteiger partial charge in [0.15, 0.2) is 5.76 Å². The van der Waals surface area contributed by atoms with Crippen LogP contribution in [0, 0.1) is 6.92 Å². The molecule has 116 valence electrons. The Bertz CT molecular complexity index is 645. The van der Waals surface area contributed by atoms with Crippen molar-refractivity contribution in [3.63, 3.8) is 0 Å². The molecule has 2 heterocycles. The predicted octanol–water partition coefficient (Wildman–Crippen LogP) is 2.21. The van der Waals surface area contributed by atoms with Crippen LogP contribution in [0.5, 0.6) is 5.75 Å². The number of para-hydroxylation sites is 1. The summed E-state index contributed by atoms with van der Waals surface area (Å²) >= 11 is 0. The Labute approximate surface area is 129 Å². The van der Waals surface area contributed by atoms with Crippen molar-refractivity contribution in [2.75, 3.05) is 26.2 Å². The molecule has 0 saturated carbocycles. The van der Waals surface area contributed by atoms with Crippen molar-refractivity contribution < 1.29 is 13.9 Å². The molecule has 1 saturated heterocycles. The van der Waals surface area contributed by atoms with Crippen LogP contribution in [0.4, 0.5) is 0 Å². The van der Waals surface area contributed by atoms with Gasteiger partial charge in [-0.2, -0.15) is 0 Å². The average Bonchev–Trinajstić information content (AvgIpc) is 3.03. The minimum absolute atomic E-state index is 0.0522. The van der Waals surface area contributed by atoms with E-state index in [1.165, 1.54) is 0 Å². The third-order valence-corrected chi connectivity index (χ3v) is 3.74. The number of carbonyl (C=O) groups is 1. The van der Waals surface area contributed by atoms with Gasteiger partial charge in [0.25, 0.3) is 5.91 Å². The predicted molar refractivity (Wildman–Crippen MR) is 83.0 cm³/mol. The van der Waals surface area contributed by atoms with Gasteiger partial charge >= 0.3 is 0 Å². The van der Waals surface area contributed by atoms with Crippen LogP contribution in [-0.4, -0.2) is 37.0 Å². The number of benzene rings is 1. The summed E-state index contributed by atoms with van der Waals surface area (Å²) in [4.78, 5) is 14.1. The molecule has 2 aromatic rings. The maximum atomic E-state index is 12.3. The van der Waals surface area contributed by atoms with Gasteiger partial charge in [0, 0.05) is 26.2 Å². The first-order valence-electron chi connectivity index (χ1n) is 7.51. The van der Waals surface area contributed by atoms with Crippen LogP contribution >= 0.6 is 0 Å². The lowest BCUT2D eigenvalue weighted by Gasteiger charge is -2.26. The van der Waals surface area contributed by atoms with Gasteiger partial charge < -0.3 is 19.4 Å². The number of nitrogens with one attached hydrogen (secondary N) is 1. The van der Waals surface area contributed by atoms with Crippen LogP contribution in [0.15, 0.2) is 40.8 Å². The molecule has 0 unspecified atom stereocenters. The zero-order valence-corrected chi connectivity index (χ0v) is 12.7. The van der Waals surface area contributed by atoms with Crippen molar-refractivity contribution in [3.05, 3.63) is 53.5 Å². The Morgan fingerprint density at radius 3 is 2.77 bits per heavy atom. The number of hydrogen-bond donors (Lipinski definition) is 1. The largest absolute Gasteiger partial charge is 0.485 e. The van der Waals surface area contributed by atoms with Crippen LogP contribution < -0.4 is 10.1 Å². The molecule has 3 rings (SSSR count). The number of amides is 1. The number of piperazine rings is 1. The van der Waals surface area contributed by atoms with Crippen molar-refractivity contribution in [1.29, 1.82) is 0 Å². The highest BCUT2D eigenvalue weighted by Gasteiger charge is 2.20. The van der Waals surface area contributed by atoms with E-state index in [-0.39, 0.29) is 5.91 Å². The number of furan rings is 1. The third kappa shape index (κ3) is 3.31. The van der Waals surface area contributed by atoms with Crippen molar-refractivity contribution in [1.82, 2.24) is 10.2 Å². The normalized spacial score (nSPS) is 14.9. The number of rotatable bonds is 4. The van der Waals surface area contributed by atoms with Gasteiger partial charge in [0.2, 0.25) is 0 Å². The summed E-state index contributed by atoms with van der Waals surface area (Å²) in [5.74, 6) is 1.81. The fraction of sp³-hybridized carbons (Fsp3) is 0.353. The Balaban J connectivity index is 1.61. The summed E-state index contributed by atoms with van der Waals surface area (Å²) in [6.45, 7) is 5.41. The van der Waals surface area contributed by atoms with Crippen LogP contribution in [0.1, 0.15) is 21.9 Å². The molecule has 1 aliphatic heterocycles. The molecule has 1 fully saturated rings. The minimum atomic E-state index is -0.0522. The molecular weight excluding hydrogens is 280 g/mol. The average molecular weight is 300 g/mol. The van der Waals surface area contributed by atoms with Gasteiger partial charge in [-0.05, 0) is 30.7 Å². The highest BCUT2D eigenvalue weighted by Crippen LogP contribution is 2.19. The van der Waals surface area contributed by atoms with E-state index in [0.29, 0.717) is 31.2 Å². The summed E-state index contributed by atoms with van der Waals surface area (Å²) in [6, 6.07) is 11.3. The zero-order valence-electron chi connectivity index (χ0n) is 12.7. The first-order chi connectivity index (χ1) is 10.7. The van der Waals surface area contributed by atoms with Gasteiger partial charge in [0.1, 0.15) is 18.1 Å². The minimum Gasteiger partial charge on any atom is -0.485 e. The quantitative estimate of drug-likeness (QED) is 0.940. The molecule has 1 aliphatic rings. The monoisotopic (exact) mass is 300 g/mol. The third-order valence-electron chi connectivity index (χ3n) is 3.74. The van der Waals surface area contributed by atoms with E-state index in [9.17, 15) is 4.79 Å². The van der Waals surface area contributed by atoms with Crippen molar-refractivity contribution >= 4 is 5.91 Å². The Kier molecular flexibility index (Phi) is 4.44. The first kappa shape index (κ1) is 14.7. The maximum absolute atomic E-state index is 12.3. The second kappa shape index (κ2) is 6.66. The molecule has 5 nitrogen and oxygen atoms in total. The van der Waals surface area contributed by atoms with Gasteiger partial charge in [-0.25, -0.2) is 0 Å². The van der Waals surface area contributed by atoms with Crippen molar-refractivity contribution in [2.45, 2.75) is 13.5 Å². The number of ether oxygens (including phenoxy) is 1. The topological polar surface area (TPSA) is 54.7 Å². The maximum Gasteiger partial charge on any atom is 0.289 e. The smallest absolute Gasteiger partial charge is 0.289 e. The van der Waals surface area contributed by atoms with Gasteiger partial charge in [-0.15, -0.1) is 0 Å². The molecule has 1 aromatic heterocycles. The van der Waals surface area contributed by atoms with Crippen LogP contribution in [-0.2, 0) is 6.61 Å². The Morgan fingerprint density at radius 2 is 2.00 bits per heavy atom. The molecular formula is C17H20N2O3. The Hall–Kier alpha value is -2.27. The molecule has 0 aliphatic carbocycles. The van der Waals surface area contributed by atoms with Crippen molar-refractivity contribution in [2.24, 2.45) is 0 Å². The van der Waals surface area contributed by atoms with Crippen LogP contribution in [0.3, 0.4) is 0 Å². The second-order valence-corrected chi connectivity index (χ2v) is 5.36. The molecule has 1 amide bonds. The fourth-order valence-corrected chi connectivity index (χ4v) is 2.46. The van der Waals surface area contributed by atoms with Gasteiger partial charge in [-0.1, -0.05) is 18.2 Å². The van der Waals surface area contributed by atoms with E-state index in [4.69, 9.17) is 9.15 Å². The fourth-order valence-electron chi connectivity index (χ4n) is 2.46. The molecule has 5 heteroatoms. The standard InChI is InChI=1S/C17H20N2O3/c1-13-4-2-3-5-15(13)21-12-14-6-7-16(22-14)17(20)19-10-8-18-9-11-19/h2-7,18H,8-12H2,1H3. The number of hydrogen-bond acceptors (Lipinski definition) is 4. The van der Waals surface area contributed by atoms with E-state index in [0.717, 1.165) is 24.4 Å². The van der Waals surface area contributed by atoms with Gasteiger partial charge in [0.05, 0.1) is 0 Å². The second-order valence-electron chi connectivity index (χ2n) is 5.36. The lowest BCUT2D eigenvalue weighted by Crippen LogP contribution is -2.46. The number of aryl methyl sites for hydroxylation is 1. The van der Waals surface area contributed by atoms with E-state index in [1.807, 2.05) is 31.2 Å². The summed E-state index contributed by atoms with van der Waals surface area (Å²) < 4.78 is 11.4. The molecule has 0 spiro atoms. The van der Waals surface area contributed by atoms with E-state index >= 15 is 0 Å². The lowest BCUT2D eigenvalue weighted by molar-refractivity contribution is 0.0699. The van der Waals surface area contributed by atoms with Crippen LogP contribution in [0.25, 0.3) is 0 Å². The molecule has 22 heavy (non-hydrogen) atoms. The van der Waals surface area contributed by atoms with E-state index in [1.54, 1.807) is 17.0 Å². The lowest BCUT2D eigenvalue weighted by atomic mass is 10.2. The SMILES string of the molecule is Cc1ccccc1OCc1ccc(C(=O)N2CCNCC2)o1. The highest BCUT2D eigenvalue weighted by atomic mass is 16.5. The van der Waals surface area contributed by atoms with Crippen LogP contribution in [0.2, 0.25) is 0 Å².